The number of nitrogens with one attached hydrogen (secondary N) is 2. The second kappa shape index (κ2) is 9.93. The van der Waals surface area contributed by atoms with Gasteiger partial charge in [0.25, 0.3) is 5.91 Å². The summed E-state index contributed by atoms with van der Waals surface area (Å²) in [4.78, 5) is 54.0. The maximum Gasteiger partial charge on any atom is 0.313 e. The van der Waals surface area contributed by atoms with Gasteiger partial charge in [0, 0.05) is 30.5 Å². The minimum absolute atomic E-state index is 0.0194. The van der Waals surface area contributed by atoms with Crippen LogP contribution in [0, 0.1) is 5.41 Å². The number of hydrogen-bond donors (Lipinski definition) is 4. The number of aromatic nitrogens is 5. The fraction of sp³-hybridized carbons (Fsp3) is 0.412. The van der Waals surface area contributed by atoms with Crippen LogP contribution in [0.4, 0.5) is 5.13 Å². The summed E-state index contributed by atoms with van der Waals surface area (Å²) in [6, 6.07) is -0.797. The quantitative estimate of drug-likeness (QED) is 0.108. The highest BCUT2D eigenvalue weighted by Crippen LogP contribution is 2.44. The lowest BCUT2D eigenvalue weighted by Gasteiger charge is -2.53. The van der Waals surface area contributed by atoms with Crippen molar-refractivity contribution in [2.24, 2.45) is 12.5 Å². The van der Waals surface area contributed by atoms with Crippen molar-refractivity contribution in [3.8, 4) is 0 Å². The summed E-state index contributed by atoms with van der Waals surface area (Å²) in [6.07, 6.45) is 0.481. The van der Waals surface area contributed by atoms with Crippen molar-refractivity contribution in [3.63, 3.8) is 0 Å². The lowest BCUT2D eigenvalue weighted by molar-refractivity contribution is -0.157. The second-order valence-electron chi connectivity index (χ2n) is 7.42. The molecule has 17 heteroatoms. The Bertz CT molecular complexity index is 1170. The smallest absolute Gasteiger partial charge is 0.313 e. The van der Waals surface area contributed by atoms with Gasteiger partial charge >= 0.3 is 5.97 Å². The first-order valence-electron chi connectivity index (χ1n) is 9.61. The number of carbonyl (C=O) groups is 4. The minimum Gasteiger partial charge on any atom is -0.481 e. The van der Waals surface area contributed by atoms with Crippen LogP contribution in [-0.2, 0) is 26.2 Å². The maximum absolute atomic E-state index is 12.8. The number of carbonyl (C=O) groups excluding carboxylic acids is 3. The average Bonchev–Trinajstić information content (AvgIpc) is 3.45. The molecule has 4 rings (SSSR count). The molecule has 2 aromatic heterocycles. The number of β-lactam (4-membered cyclic amide) rings is 1. The van der Waals surface area contributed by atoms with Crippen LogP contribution in [-0.4, -0.2) is 88.9 Å². The Hall–Kier alpha value is -2.63. The van der Waals surface area contributed by atoms with Gasteiger partial charge in [-0.05, 0) is 15.8 Å². The number of anilines is 1. The van der Waals surface area contributed by atoms with E-state index in [0.717, 1.165) is 11.3 Å². The number of aliphatic carboxylic acids is 1. The van der Waals surface area contributed by atoms with Crippen molar-refractivity contribution in [1.82, 2.24) is 35.4 Å². The van der Waals surface area contributed by atoms with E-state index in [9.17, 15) is 24.3 Å². The Morgan fingerprint density at radius 2 is 2.26 bits per heavy atom. The fourth-order valence-electron chi connectivity index (χ4n) is 3.43. The molecule has 2 aliphatic heterocycles. The van der Waals surface area contributed by atoms with Crippen LogP contribution in [0.5, 0.6) is 0 Å². The first kappa shape index (κ1) is 24.5. The van der Waals surface area contributed by atoms with Crippen LogP contribution < -0.4 is 10.6 Å². The molecule has 3 N–H and O–H groups in total. The molecule has 13 nitrogen and oxygen atoms in total. The number of rotatable bonds is 9. The summed E-state index contributed by atoms with van der Waals surface area (Å²) in [7, 11) is 1.66. The van der Waals surface area contributed by atoms with Crippen LogP contribution in [0.2, 0.25) is 0 Å². The normalized spacial score (nSPS) is 24.2. The molecule has 2 aliphatic rings. The van der Waals surface area contributed by atoms with Gasteiger partial charge < -0.3 is 20.6 Å². The number of tetrazole rings is 1. The molecule has 2 saturated heterocycles. The van der Waals surface area contributed by atoms with Crippen LogP contribution in [0.25, 0.3) is 5.57 Å². The molecule has 3 atom stereocenters. The lowest BCUT2D eigenvalue weighted by atomic mass is 9.89. The third-order valence-electron chi connectivity index (χ3n) is 5.28. The van der Waals surface area contributed by atoms with Gasteiger partial charge in [-0.25, -0.2) is 9.67 Å². The van der Waals surface area contributed by atoms with E-state index in [1.807, 2.05) is 0 Å². The number of hydrogen-bond acceptors (Lipinski definition) is 12. The van der Waals surface area contributed by atoms with E-state index in [4.69, 9.17) is 0 Å². The van der Waals surface area contributed by atoms with Crippen molar-refractivity contribution in [2.75, 3.05) is 23.4 Å². The van der Waals surface area contributed by atoms with Crippen molar-refractivity contribution in [1.29, 1.82) is 0 Å². The highest BCUT2D eigenvalue weighted by molar-refractivity contribution is 8.00. The van der Waals surface area contributed by atoms with E-state index in [0.29, 0.717) is 22.4 Å². The van der Waals surface area contributed by atoms with Crippen molar-refractivity contribution < 1.29 is 24.3 Å². The largest absolute Gasteiger partial charge is 0.481 e. The molecule has 0 spiro atoms. The average molecular weight is 543 g/mol. The monoisotopic (exact) mass is 542 g/mol. The van der Waals surface area contributed by atoms with Gasteiger partial charge in [0.15, 0.2) is 5.13 Å². The van der Waals surface area contributed by atoms with E-state index >= 15 is 0 Å². The standard InChI is InChI=1S/C17H18N8O5S4/c1-24-16(21-22-23-24)34-6-17(14(29)30)4-25-12(28)10(13(25)33-5-17)20-11(27)8(2-31)9-3-32-15(19-9)18-7-26/h2-3,7,10,13,31H,4-6H2,1H3,(H,20,27)(H,29,30)(H,18,19,26)/t10?,13-,17?/m1/s1. The summed E-state index contributed by atoms with van der Waals surface area (Å²) in [5, 5.41) is 29.5. The summed E-state index contributed by atoms with van der Waals surface area (Å²) in [5.74, 6) is -1.47. The number of thiazole rings is 1. The topological polar surface area (TPSA) is 172 Å². The van der Waals surface area contributed by atoms with E-state index in [1.54, 1.807) is 12.4 Å². The van der Waals surface area contributed by atoms with Gasteiger partial charge in [0.1, 0.15) is 16.8 Å². The molecule has 0 saturated carbocycles. The number of fused-ring (bicyclic) bond motifs is 1. The third kappa shape index (κ3) is 4.51. The molecule has 2 unspecified atom stereocenters. The zero-order chi connectivity index (χ0) is 24.5. The van der Waals surface area contributed by atoms with E-state index < -0.39 is 23.3 Å². The number of thiol groups is 1. The molecule has 0 aliphatic carbocycles. The fourth-order valence-corrected chi connectivity index (χ4v) is 7.06. The molecule has 2 fully saturated rings. The predicted molar refractivity (Wildman–Crippen MR) is 128 cm³/mol. The van der Waals surface area contributed by atoms with Crippen molar-refractivity contribution in [3.05, 3.63) is 16.5 Å². The highest BCUT2D eigenvalue weighted by atomic mass is 32.2. The molecular formula is C17H18N8O5S4. The second-order valence-corrected chi connectivity index (χ2v) is 10.6. The number of thioether (sulfide) groups is 2. The maximum atomic E-state index is 12.8. The SMILES string of the molecule is Cn1nnnc1SCC1(C(=O)O)CS[C@@H]2C(NC(=O)C(=CS)c3csc(NC=O)n3)C(=O)N2C1. The van der Waals surface area contributed by atoms with Gasteiger partial charge in [-0.2, -0.15) is 12.6 Å². The van der Waals surface area contributed by atoms with E-state index in [1.165, 1.54) is 38.5 Å². The van der Waals surface area contributed by atoms with Crippen LogP contribution >= 0.6 is 47.5 Å². The Morgan fingerprint density at radius 3 is 2.91 bits per heavy atom. The number of carboxylic acids is 1. The van der Waals surface area contributed by atoms with E-state index in [-0.39, 0.29) is 34.9 Å². The van der Waals surface area contributed by atoms with Crippen molar-refractivity contribution >= 4 is 82.4 Å². The van der Waals surface area contributed by atoms with Crippen LogP contribution in [0.3, 0.4) is 0 Å². The Balaban J connectivity index is 1.41. The first-order valence-corrected chi connectivity index (χ1v) is 13.0. The molecule has 34 heavy (non-hydrogen) atoms. The molecular weight excluding hydrogens is 525 g/mol. The summed E-state index contributed by atoms with van der Waals surface area (Å²) in [5.41, 5.74) is -0.734. The summed E-state index contributed by atoms with van der Waals surface area (Å²) in [6.45, 7) is 0.0194. The van der Waals surface area contributed by atoms with Gasteiger partial charge in [-0.1, -0.05) is 11.8 Å². The Morgan fingerprint density at radius 1 is 1.47 bits per heavy atom. The number of aryl methyl sites for hydroxylation is 1. The van der Waals surface area contributed by atoms with Crippen molar-refractivity contribution in [2.45, 2.75) is 16.6 Å². The zero-order valence-corrected chi connectivity index (χ0v) is 20.8. The minimum atomic E-state index is -1.18. The van der Waals surface area contributed by atoms with Gasteiger partial charge in [0.05, 0.1) is 11.3 Å². The number of carboxylic acid groups (broad SMARTS) is 1. The summed E-state index contributed by atoms with van der Waals surface area (Å²) >= 11 is 7.74. The molecule has 2 aromatic rings. The third-order valence-corrected chi connectivity index (χ3v) is 9.20. The first-order chi connectivity index (χ1) is 16.3. The molecule has 0 radical (unpaired) electrons. The van der Waals surface area contributed by atoms with Crippen LogP contribution in [0.1, 0.15) is 5.69 Å². The van der Waals surface area contributed by atoms with E-state index in [2.05, 4.69) is 43.8 Å². The highest BCUT2D eigenvalue weighted by Gasteiger charge is 2.57. The summed E-state index contributed by atoms with van der Waals surface area (Å²) < 4.78 is 1.45. The van der Waals surface area contributed by atoms with Gasteiger partial charge in [-0.3, -0.25) is 19.2 Å². The predicted octanol–water partition coefficient (Wildman–Crippen LogP) is -0.231. The lowest BCUT2D eigenvalue weighted by Crippen LogP contribution is -2.74. The number of nitrogens with zero attached hydrogens (tertiary/aromatic N) is 6. The molecule has 0 bridgehead atoms. The number of amides is 3. The molecule has 0 aromatic carbocycles. The zero-order valence-electron chi connectivity index (χ0n) is 17.4. The molecule has 3 amide bonds. The van der Waals surface area contributed by atoms with Gasteiger partial charge in [0.2, 0.25) is 17.5 Å². The van der Waals surface area contributed by atoms with Gasteiger partial charge in [-0.15, -0.1) is 28.2 Å². The Labute approximate surface area is 210 Å². The molecule has 4 heterocycles. The molecule has 180 valence electrons. The Kier molecular flexibility index (Phi) is 7.15. The van der Waals surface area contributed by atoms with Crippen LogP contribution in [0.15, 0.2) is 15.9 Å².